The lowest BCUT2D eigenvalue weighted by molar-refractivity contribution is 0.0958. The summed E-state index contributed by atoms with van der Waals surface area (Å²) in [6.07, 6.45) is 3.35. The van der Waals surface area contributed by atoms with E-state index in [-0.39, 0.29) is 17.4 Å². The summed E-state index contributed by atoms with van der Waals surface area (Å²) < 4.78 is 5.16. The third kappa shape index (κ3) is 4.44. The Morgan fingerprint density at radius 2 is 1.92 bits per heavy atom. The predicted octanol–water partition coefficient (Wildman–Crippen LogP) is 3.02. The van der Waals surface area contributed by atoms with E-state index in [9.17, 15) is 9.59 Å². The molecule has 5 heteroatoms. The topological polar surface area (TPSA) is 68.3 Å². The van der Waals surface area contributed by atoms with Crippen molar-refractivity contribution in [1.29, 1.82) is 0 Å². The molecule has 0 radical (unpaired) electrons. The summed E-state index contributed by atoms with van der Waals surface area (Å²) in [5.41, 5.74) is 2.62. The van der Waals surface area contributed by atoms with Crippen molar-refractivity contribution in [3.05, 3.63) is 58.9 Å². The summed E-state index contributed by atoms with van der Waals surface area (Å²) in [4.78, 5) is 28.9. The molecule has 0 bridgehead atoms. The highest BCUT2D eigenvalue weighted by Crippen LogP contribution is 2.33. The highest BCUT2D eigenvalue weighted by Gasteiger charge is 2.25. The van der Waals surface area contributed by atoms with Crippen molar-refractivity contribution in [2.24, 2.45) is 5.92 Å². The van der Waals surface area contributed by atoms with Crippen LogP contribution in [0, 0.1) is 5.92 Å². The first-order valence-electron chi connectivity index (χ1n) is 8.48. The number of rotatable bonds is 7. The van der Waals surface area contributed by atoms with E-state index >= 15 is 0 Å². The van der Waals surface area contributed by atoms with E-state index < -0.39 is 0 Å². The molecule has 0 unspecified atom stereocenters. The van der Waals surface area contributed by atoms with Crippen molar-refractivity contribution in [2.75, 3.05) is 14.2 Å². The number of benzene rings is 1. The second kappa shape index (κ2) is 7.47. The lowest BCUT2D eigenvalue weighted by atomic mass is 10.0. The number of hydrogen-bond acceptors (Lipinski definition) is 4. The van der Waals surface area contributed by atoms with E-state index in [0.29, 0.717) is 30.0 Å². The highest BCUT2D eigenvalue weighted by atomic mass is 16.5. The van der Waals surface area contributed by atoms with Gasteiger partial charge in [0, 0.05) is 31.1 Å². The minimum atomic E-state index is -0.281. The number of carbonyl (C=O) groups excluding carboxylic acids is 2. The van der Waals surface area contributed by atoms with Gasteiger partial charge in [-0.2, -0.15) is 0 Å². The monoisotopic (exact) mass is 338 g/mol. The third-order valence-electron chi connectivity index (χ3n) is 4.38. The first-order chi connectivity index (χ1) is 12.1. The van der Waals surface area contributed by atoms with Gasteiger partial charge in [-0.25, -0.2) is 4.98 Å². The van der Waals surface area contributed by atoms with Gasteiger partial charge in [-0.05, 0) is 48.6 Å². The van der Waals surface area contributed by atoms with Crippen LogP contribution < -0.4 is 10.1 Å². The maximum Gasteiger partial charge on any atom is 0.269 e. The molecule has 0 aliphatic heterocycles. The minimum Gasteiger partial charge on any atom is -0.497 e. The van der Waals surface area contributed by atoms with Crippen LogP contribution in [-0.4, -0.2) is 30.8 Å². The van der Waals surface area contributed by atoms with Gasteiger partial charge in [-0.1, -0.05) is 12.1 Å². The second-order valence-electron chi connectivity index (χ2n) is 6.41. The quantitative estimate of drug-likeness (QED) is 0.788. The molecule has 1 fully saturated rings. The van der Waals surface area contributed by atoms with Crippen LogP contribution in [0.25, 0.3) is 0 Å². The number of ketones is 1. The fraction of sp³-hybridized carbons (Fsp3) is 0.350. The Hall–Kier alpha value is -2.69. The number of hydrogen-bond donors (Lipinski definition) is 1. The molecule has 0 saturated heterocycles. The van der Waals surface area contributed by atoms with Crippen LogP contribution in [0.2, 0.25) is 0 Å². The Morgan fingerprint density at radius 3 is 2.52 bits per heavy atom. The van der Waals surface area contributed by atoms with Gasteiger partial charge < -0.3 is 10.1 Å². The molecule has 3 rings (SSSR count). The zero-order valence-corrected chi connectivity index (χ0v) is 14.5. The van der Waals surface area contributed by atoms with Crippen molar-refractivity contribution >= 4 is 11.7 Å². The third-order valence-corrected chi connectivity index (χ3v) is 4.38. The lowest BCUT2D eigenvalue weighted by Crippen LogP contribution is -2.20. The fourth-order valence-electron chi connectivity index (χ4n) is 2.74. The zero-order chi connectivity index (χ0) is 17.8. The molecule has 1 N–H and O–H groups in total. The van der Waals surface area contributed by atoms with Gasteiger partial charge in [-0.15, -0.1) is 0 Å². The number of methoxy groups -OCH3 is 1. The van der Waals surface area contributed by atoms with E-state index in [0.717, 1.165) is 24.2 Å². The summed E-state index contributed by atoms with van der Waals surface area (Å²) >= 11 is 0. The summed E-state index contributed by atoms with van der Waals surface area (Å²) in [7, 11) is 3.19. The lowest BCUT2D eigenvalue weighted by Gasteiger charge is -2.09. The number of amides is 1. The van der Waals surface area contributed by atoms with Crippen molar-refractivity contribution in [3.8, 4) is 5.75 Å². The van der Waals surface area contributed by atoms with Gasteiger partial charge in [0.05, 0.1) is 7.11 Å². The fourth-order valence-corrected chi connectivity index (χ4v) is 2.74. The van der Waals surface area contributed by atoms with E-state index in [2.05, 4.69) is 10.3 Å². The standard InChI is InChI=1S/C20H22N2O3/c1-21-20(24)18-12-15(19(23)10-14-3-4-14)11-16(22-18)9-13-5-7-17(25-2)8-6-13/h5-8,11-12,14H,3-4,9-10H2,1-2H3,(H,21,24). The van der Waals surface area contributed by atoms with Gasteiger partial charge in [0.25, 0.3) is 5.91 Å². The van der Waals surface area contributed by atoms with Gasteiger partial charge in [0.2, 0.25) is 0 Å². The first kappa shape index (κ1) is 17.1. The SMILES string of the molecule is CNC(=O)c1cc(C(=O)CC2CC2)cc(Cc2ccc(OC)cc2)n1. The first-order valence-corrected chi connectivity index (χ1v) is 8.48. The predicted molar refractivity (Wildman–Crippen MR) is 95.1 cm³/mol. The molecule has 25 heavy (non-hydrogen) atoms. The number of aromatic nitrogens is 1. The number of nitrogens with one attached hydrogen (secondary N) is 1. The molecule has 1 amide bonds. The Labute approximate surface area is 147 Å². The normalized spacial score (nSPS) is 13.4. The van der Waals surface area contributed by atoms with Crippen molar-refractivity contribution in [3.63, 3.8) is 0 Å². The van der Waals surface area contributed by atoms with E-state index in [1.165, 1.54) is 0 Å². The number of pyridine rings is 1. The number of ether oxygens (including phenoxy) is 1. The molecular formula is C20H22N2O3. The van der Waals surface area contributed by atoms with Crippen LogP contribution in [0.1, 0.15) is 51.4 Å². The molecule has 1 saturated carbocycles. The van der Waals surface area contributed by atoms with Gasteiger partial charge in [0.1, 0.15) is 11.4 Å². The average molecular weight is 338 g/mol. The van der Waals surface area contributed by atoms with Crippen LogP contribution >= 0.6 is 0 Å². The Morgan fingerprint density at radius 1 is 1.20 bits per heavy atom. The summed E-state index contributed by atoms with van der Waals surface area (Å²) in [5.74, 6) is 1.10. The number of nitrogens with zero attached hydrogens (tertiary/aromatic N) is 1. The molecule has 1 aliphatic rings. The van der Waals surface area contributed by atoms with Crippen LogP contribution in [0.15, 0.2) is 36.4 Å². The molecule has 1 aromatic carbocycles. The number of Topliss-reactive ketones (excluding diaryl/α,β-unsaturated/α-hetero) is 1. The molecule has 2 aromatic rings. The van der Waals surface area contributed by atoms with Crippen LogP contribution in [0.5, 0.6) is 5.75 Å². The summed E-state index contributed by atoms with van der Waals surface area (Å²) in [6.45, 7) is 0. The van der Waals surface area contributed by atoms with E-state index in [1.807, 2.05) is 24.3 Å². The van der Waals surface area contributed by atoms with Crippen molar-refractivity contribution < 1.29 is 14.3 Å². The van der Waals surface area contributed by atoms with Crippen molar-refractivity contribution in [2.45, 2.75) is 25.7 Å². The van der Waals surface area contributed by atoms with Gasteiger partial charge in [0.15, 0.2) is 5.78 Å². The Bertz CT molecular complexity index is 780. The Balaban J connectivity index is 1.87. The molecule has 1 heterocycles. The molecule has 1 aliphatic carbocycles. The average Bonchev–Trinajstić information content (AvgIpc) is 3.45. The van der Waals surface area contributed by atoms with Crippen LogP contribution in [0.3, 0.4) is 0 Å². The Kier molecular flexibility index (Phi) is 5.12. The molecule has 0 atom stereocenters. The number of carbonyl (C=O) groups is 2. The smallest absolute Gasteiger partial charge is 0.269 e. The van der Waals surface area contributed by atoms with Gasteiger partial charge in [-0.3, -0.25) is 9.59 Å². The molecular weight excluding hydrogens is 316 g/mol. The van der Waals surface area contributed by atoms with Crippen LogP contribution in [-0.2, 0) is 6.42 Å². The molecule has 1 aromatic heterocycles. The van der Waals surface area contributed by atoms with E-state index in [4.69, 9.17) is 4.74 Å². The molecule has 0 spiro atoms. The summed E-state index contributed by atoms with van der Waals surface area (Å²) in [5, 5.41) is 2.58. The van der Waals surface area contributed by atoms with Crippen molar-refractivity contribution in [1.82, 2.24) is 10.3 Å². The second-order valence-corrected chi connectivity index (χ2v) is 6.41. The maximum atomic E-state index is 12.5. The summed E-state index contributed by atoms with van der Waals surface area (Å²) in [6, 6.07) is 11.1. The minimum absolute atomic E-state index is 0.0889. The van der Waals surface area contributed by atoms with Gasteiger partial charge >= 0.3 is 0 Å². The van der Waals surface area contributed by atoms with E-state index in [1.54, 1.807) is 26.3 Å². The molecule has 130 valence electrons. The van der Waals surface area contributed by atoms with Crippen LogP contribution in [0.4, 0.5) is 0 Å². The maximum absolute atomic E-state index is 12.5. The zero-order valence-electron chi connectivity index (χ0n) is 14.5. The highest BCUT2D eigenvalue weighted by molar-refractivity contribution is 5.99. The molecule has 5 nitrogen and oxygen atoms in total. The largest absolute Gasteiger partial charge is 0.497 e.